The third kappa shape index (κ3) is 3.86. The number of fused-ring (bicyclic) bond motifs is 3. The van der Waals surface area contributed by atoms with Gasteiger partial charge in [-0.1, -0.05) is 145 Å². The van der Waals surface area contributed by atoms with Crippen LogP contribution >= 0.6 is 0 Å². The van der Waals surface area contributed by atoms with E-state index in [-0.39, 0.29) is 55.1 Å². The lowest BCUT2D eigenvalue weighted by Gasteiger charge is -2.18. The molecule has 7 aromatic carbocycles. The predicted molar refractivity (Wildman–Crippen MR) is 173 cm³/mol. The van der Waals surface area contributed by atoms with Crippen LogP contribution in [0.4, 0.5) is 0 Å². The van der Waals surface area contributed by atoms with Crippen LogP contribution in [0.1, 0.15) is 17.8 Å². The molecule has 1 heteroatoms. The van der Waals surface area contributed by atoms with Gasteiger partial charge in [-0.15, -0.1) is 0 Å². The van der Waals surface area contributed by atoms with Gasteiger partial charge in [0.2, 0.25) is 0 Å². The summed E-state index contributed by atoms with van der Waals surface area (Å²) < 4.78 is 122. The van der Waals surface area contributed by atoms with Gasteiger partial charge in [-0.2, -0.15) is 0 Å². The molecule has 8 rings (SSSR count). The van der Waals surface area contributed by atoms with Gasteiger partial charge in [0.1, 0.15) is 11.3 Å². The molecule has 0 unspecified atom stereocenters. The Labute approximate surface area is 257 Å². The summed E-state index contributed by atoms with van der Waals surface area (Å²) in [5.41, 5.74) is 1.98. The molecule has 192 valence electrons. The first-order valence-electron chi connectivity index (χ1n) is 19.5. The first-order chi connectivity index (χ1) is 25.8. The van der Waals surface area contributed by atoms with Crippen molar-refractivity contribution in [3.63, 3.8) is 0 Å². The highest BCUT2D eigenvalue weighted by Crippen LogP contribution is 2.49. The minimum atomic E-state index is -0.639. The molecular formula is C40H26O. The van der Waals surface area contributed by atoms with Crippen molar-refractivity contribution in [1.29, 1.82) is 0 Å². The van der Waals surface area contributed by atoms with Crippen molar-refractivity contribution in [2.75, 3.05) is 0 Å². The van der Waals surface area contributed by atoms with Crippen LogP contribution in [0.2, 0.25) is 0 Å². The van der Waals surface area contributed by atoms with Crippen LogP contribution in [0, 0.1) is 0 Å². The summed E-state index contributed by atoms with van der Waals surface area (Å²) in [6.45, 7) is 0. The average molecular weight is 536 g/mol. The monoisotopic (exact) mass is 535 g/mol. The van der Waals surface area contributed by atoms with Gasteiger partial charge >= 0.3 is 0 Å². The largest absolute Gasteiger partial charge is 0.455 e. The molecule has 1 aromatic heterocycles. The first kappa shape index (κ1) is 13.8. The fourth-order valence-electron chi connectivity index (χ4n) is 5.46. The maximum Gasteiger partial charge on any atom is 0.143 e. The summed E-state index contributed by atoms with van der Waals surface area (Å²) in [4.78, 5) is 0. The maximum atomic E-state index is 9.36. The topological polar surface area (TPSA) is 13.1 Å². The molecule has 1 nitrogen and oxygen atoms in total. The molecule has 0 saturated heterocycles. The maximum absolute atomic E-state index is 9.36. The Morgan fingerprint density at radius 2 is 0.927 bits per heavy atom. The summed E-state index contributed by atoms with van der Waals surface area (Å²) in [6.07, 6.45) is 0. The fourth-order valence-corrected chi connectivity index (χ4v) is 5.46. The smallest absolute Gasteiger partial charge is 0.143 e. The molecule has 8 aromatic rings. The van der Waals surface area contributed by atoms with Crippen molar-refractivity contribution in [2.24, 2.45) is 0 Å². The SMILES string of the molecule is [2H]c1c([2H])c([2H])c(-c2oc3cc(-c4ccccc4)ccc3c2-c2c3c([2H])c([2H])c([2H])c([2H])c3c(-c3ccccc3)c3c([2H])c([2H])c([2H])c([2H])c23)c([2H])c1[2H]. The number of hydrogen-bond donors (Lipinski definition) is 0. The molecule has 0 spiro atoms. The van der Waals surface area contributed by atoms with Crippen molar-refractivity contribution in [1.82, 2.24) is 0 Å². The molecular weight excluding hydrogens is 496 g/mol. The Bertz CT molecular complexity index is 2790. The minimum absolute atomic E-state index is 0.0259. The second kappa shape index (κ2) is 9.66. The Balaban J connectivity index is 1.71. The zero-order chi connectivity index (χ0) is 38.5. The fraction of sp³-hybridized carbons (Fsp3) is 0. The van der Waals surface area contributed by atoms with E-state index in [0.717, 1.165) is 5.56 Å². The van der Waals surface area contributed by atoms with E-state index in [4.69, 9.17) is 16.8 Å². The Hall–Kier alpha value is -5.40. The molecule has 0 N–H and O–H groups in total. The van der Waals surface area contributed by atoms with Crippen LogP contribution in [0.25, 0.3) is 77.2 Å². The van der Waals surface area contributed by atoms with Crippen LogP contribution in [-0.4, -0.2) is 0 Å². The van der Waals surface area contributed by atoms with Gasteiger partial charge in [0.25, 0.3) is 0 Å². The summed E-state index contributed by atoms with van der Waals surface area (Å²) in [5, 5.41) is 0.0667. The predicted octanol–water partition coefficient (Wildman–Crippen LogP) is 11.4. The molecule has 1 heterocycles. The first-order valence-corrected chi connectivity index (χ1v) is 13.0. The van der Waals surface area contributed by atoms with E-state index in [9.17, 15) is 5.48 Å². The van der Waals surface area contributed by atoms with Gasteiger partial charge in [-0.3, -0.25) is 0 Å². The second-order valence-electron chi connectivity index (χ2n) is 9.50. The number of benzene rings is 7. The molecule has 0 aliphatic carbocycles. The summed E-state index contributed by atoms with van der Waals surface area (Å²) >= 11 is 0. The van der Waals surface area contributed by atoms with Crippen LogP contribution in [-0.2, 0) is 0 Å². The van der Waals surface area contributed by atoms with Crippen LogP contribution in [0.5, 0.6) is 0 Å². The van der Waals surface area contributed by atoms with E-state index >= 15 is 0 Å². The molecule has 0 fully saturated rings. The Morgan fingerprint density at radius 1 is 0.390 bits per heavy atom. The van der Waals surface area contributed by atoms with E-state index in [1.54, 1.807) is 48.5 Å². The number of furan rings is 1. The molecule has 0 aliphatic rings. The normalized spacial score (nSPS) is 15.9. The van der Waals surface area contributed by atoms with E-state index < -0.39 is 78.6 Å². The van der Waals surface area contributed by atoms with Gasteiger partial charge in [0.05, 0.1) is 17.8 Å². The highest BCUT2D eigenvalue weighted by molar-refractivity contribution is 6.24. The lowest BCUT2D eigenvalue weighted by Crippen LogP contribution is -1.91. The lowest BCUT2D eigenvalue weighted by atomic mass is 9.84. The number of hydrogen-bond acceptors (Lipinski definition) is 1. The van der Waals surface area contributed by atoms with Crippen molar-refractivity contribution < 1.29 is 22.2 Å². The van der Waals surface area contributed by atoms with Crippen molar-refractivity contribution in [2.45, 2.75) is 0 Å². The van der Waals surface area contributed by atoms with Gasteiger partial charge < -0.3 is 4.42 Å². The quantitative estimate of drug-likeness (QED) is 0.204. The lowest BCUT2D eigenvalue weighted by molar-refractivity contribution is 0.632. The van der Waals surface area contributed by atoms with E-state index in [0.29, 0.717) is 16.5 Å². The van der Waals surface area contributed by atoms with Crippen molar-refractivity contribution in [3.05, 3.63) is 157 Å². The molecule has 0 atom stereocenters. The third-order valence-corrected chi connectivity index (χ3v) is 7.21. The molecule has 0 saturated carbocycles. The molecule has 0 bridgehead atoms. The zero-order valence-corrected chi connectivity index (χ0v) is 21.4. The van der Waals surface area contributed by atoms with E-state index in [1.807, 2.05) is 30.3 Å². The van der Waals surface area contributed by atoms with Crippen molar-refractivity contribution >= 4 is 32.5 Å². The summed E-state index contributed by atoms with van der Waals surface area (Å²) in [7, 11) is 0. The second-order valence-corrected chi connectivity index (χ2v) is 9.50. The highest BCUT2D eigenvalue weighted by atomic mass is 16.3. The molecule has 0 aliphatic heterocycles. The Morgan fingerprint density at radius 3 is 1.54 bits per heavy atom. The van der Waals surface area contributed by atoms with Crippen molar-refractivity contribution in [3.8, 4) is 44.7 Å². The zero-order valence-electron chi connectivity index (χ0n) is 34.4. The minimum Gasteiger partial charge on any atom is -0.455 e. The molecule has 41 heavy (non-hydrogen) atoms. The van der Waals surface area contributed by atoms with E-state index in [1.165, 1.54) is 0 Å². The molecule has 0 amide bonds. The standard InChI is InChI=1S/C40H26O/c1-4-14-27(15-5-1)30-24-25-35-36(26-30)41-40(29-18-8-3-9-19-29)39(35)38-33-22-12-10-20-31(33)37(28-16-6-2-7-17-28)32-21-11-13-23-34(32)38/h1-26H/i3D,8D,9D,10D,11D,12D,13D,18D,19D,20D,21D,22D,23D. The summed E-state index contributed by atoms with van der Waals surface area (Å²) in [5.74, 6) is -0.234. The molecule has 0 radical (unpaired) electrons. The van der Waals surface area contributed by atoms with Crippen LogP contribution in [0.15, 0.2) is 162 Å². The summed E-state index contributed by atoms with van der Waals surface area (Å²) in [6, 6.07) is 15.7. The third-order valence-electron chi connectivity index (χ3n) is 7.21. The van der Waals surface area contributed by atoms with Crippen LogP contribution < -0.4 is 0 Å². The van der Waals surface area contributed by atoms with Gasteiger partial charge in [-0.25, -0.2) is 0 Å². The van der Waals surface area contributed by atoms with Crippen LogP contribution in [0.3, 0.4) is 0 Å². The van der Waals surface area contributed by atoms with Gasteiger partial charge in [-0.05, 0) is 55.9 Å². The number of rotatable bonds is 4. The Kier molecular flexibility index (Phi) is 3.25. The van der Waals surface area contributed by atoms with E-state index in [2.05, 4.69) is 0 Å². The average Bonchev–Trinajstić information content (AvgIpc) is 3.56. The van der Waals surface area contributed by atoms with Gasteiger partial charge in [0.15, 0.2) is 0 Å². The highest BCUT2D eigenvalue weighted by Gasteiger charge is 2.24. The van der Waals surface area contributed by atoms with Gasteiger partial charge in [0, 0.05) is 22.1 Å².